The molecule has 2 atom stereocenters. The molecule has 3 rings (SSSR count). The van der Waals surface area contributed by atoms with E-state index in [9.17, 15) is 4.79 Å². The zero-order valence-corrected chi connectivity index (χ0v) is 10.9. The van der Waals surface area contributed by atoms with Crippen LogP contribution in [-0.4, -0.2) is 16.9 Å². The molecule has 0 N–H and O–H groups in total. The molecule has 0 amide bonds. The van der Waals surface area contributed by atoms with Gasteiger partial charge in [0.15, 0.2) is 5.78 Å². The van der Waals surface area contributed by atoms with E-state index in [1.54, 1.807) is 12.4 Å². The van der Waals surface area contributed by atoms with Gasteiger partial charge in [0.05, 0.1) is 12.3 Å². The van der Waals surface area contributed by atoms with E-state index in [0.29, 0.717) is 23.1 Å². The van der Waals surface area contributed by atoms with Gasteiger partial charge in [0.25, 0.3) is 0 Å². The van der Waals surface area contributed by atoms with E-state index in [1.165, 1.54) is 19.3 Å². The van der Waals surface area contributed by atoms with Gasteiger partial charge >= 0.3 is 0 Å². The molecule has 0 bridgehead atoms. The highest BCUT2D eigenvalue weighted by Gasteiger charge is 2.56. The molecule has 18 heavy (non-hydrogen) atoms. The van der Waals surface area contributed by atoms with E-state index >= 15 is 0 Å². The second-order valence-electron chi connectivity index (χ2n) is 5.72. The summed E-state index contributed by atoms with van der Waals surface area (Å²) in [6.07, 6.45) is 7.22. The van der Waals surface area contributed by atoms with Crippen LogP contribution in [0.5, 0.6) is 5.75 Å². The lowest BCUT2D eigenvalue weighted by atomic mass is 10.0. The fraction of sp³-hybridized carbons (Fsp3) is 0.600. The van der Waals surface area contributed by atoms with Crippen molar-refractivity contribution < 1.29 is 9.53 Å². The molecule has 1 heterocycles. The third-order valence-electron chi connectivity index (χ3n) is 4.08. The van der Waals surface area contributed by atoms with E-state index in [0.717, 1.165) is 0 Å². The minimum absolute atomic E-state index is 0.109. The fourth-order valence-corrected chi connectivity index (χ4v) is 3.29. The van der Waals surface area contributed by atoms with Crippen molar-refractivity contribution in [3.8, 4) is 5.75 Å². The maximum absolute atomic E-state index is 12.4. The van der Waals surface area contributed by atoms with Crippen LogP contribution in [0.15, 0.2) is 18.5 Å². The SMILES string of the molecule is CC(C)Oc1cncc(C(=O)C2C3CCCC32)c1. The van der Waals surface area contributed by atoms with Crippen molar-refractivity contribution in [2.75, 3.05) is 0 Å². The Morgan fingerprint density at radius 3 is 2.72 bits per heavy atom. The largest absolute Gasteiger partial charge is 0.489 e. The quantitative estimate of drug-likeness (QED) is 0.765. The highest BCUT2D eigenvalue weighted by atomic mass is 16.5. The lowest BCUT2D eigenvalue weighted by Crippen LogP contribution is -2.09. The standard InChI is InChI=1S/C15H19NO2/c1-9(2)18-11-6-10(7-16-8-11)15(17)14-12-4-3-5-13(12)14/h6-9,12-14H,3-5H2,1-2H3. The lowest BCUT2D eigenvalue weighted by Gasteiger charge is -2.10. The molecule has 3 heteroatoms. The van der Waals surface area contributed by atoms with Gasteiger partial charge in [-0.3, -0.25) is 9.78 Å². The van der Waals surface area contributed by atoms with Gasteiger partial charge in [-0.2, -0.15) is 0 Å². The van der Waals surface area contributed by atoms with Crippen molar-refractivity contribution in [2.45, 2.75) is 39.2 Å². The Hall–Kier alpha value is -1.38. The Morgan fingerprint density at radius 1 is 1.33 bits per heavy atom. The second-order valence-corrected chi connectivity index (χ2v) is 5.72. The summed E-state index contributed by atoms with van der Waals surface area (Å²) in [4.78, 5) is 16.5. The van der Waals surface area contributed by atoms with Crippen LogP contribution in [0.4, 0.5) is 0 Å². The highest BCUT2D eigenvalue weighted by molar-refractivity contribution is 6.00. The van der Waals surface area contributed by atoms with E-state index in [-0.39, 0.29) is 17.8 Å². The molecule has 0 radical (unpaired) electrons. The minimum atomic E-state index is 0.109. The van der Waals surface area contributed by atoms with Crippen LogP contribution >= 0.6 is 0 Å². The Balaban J connectivity index is 1.74. The Morgan fingerprint density at radius 2 is 2.06 bits per heavy atom. The number of ketones is 1. The molecule has 2 unspecified atom stereocenters. The summed E-state index contributed by atoms with van der Waals surface area (Å²) < 4.78 is 5.58. The molecule has 2 saturated carbocycles. The molecule has 1 aromatic heterocycles. The van der Waals surface area contributed by atoms with Crippen LogP contribution in [0.3, 0.4) is 0 Å². The van der Waals surface area contributed by atoms with Gasteiger partial charge in [-0.15, -0.1) is 0 Å². The predicted octanol–water partition coefficient (Wildman–Crippen LogP) is 3.10. The first kappa shape index (κ1) is 11.7. The molecule has 1 aromatic rings. The number of Topliss-reactive ketones (excluding diaryl/α,β-unsaturated/α-hetero) is 1. The van der Waals surface area contributed by atoms with Crippen molar-refractivity contribution >= 4 is 5.78 Å². The van der Waals surface area contributed by atoms with E-state index in [2.05, 4.69) is 4.98 Å². The predicted molar refractivity (Wildman–Crippen MR) is 68.7 cm³/mol. The summed E-state index contributed by atoms with van der Waals surface area (Å²) in [5.74, 6) is 2.56. The fourth-order valence-electron chi connectivity index (χ4n) is 3.29. The summed E-state index contributed by atoms with van der Waals surface area (Å²) in [6, 6.07) is 1.84. The molecule has 2 aliphatic carbocycles. The first-order chi connectivity index (χ1) is 8.66. The third-order valence-corrected chi connectivity index (χ3v) is 4.08. The van der Waals surface area contributed by atoms with E-state index < -0.39 is 0 Å². The summed E-state index contributed by atoms with van der Waals surface area (Å²) in [6.45, 7) is 3.94. The summed E-state index contributed by atoms with van der Waals surface area (Å²) >= 11 is 0. The van der Waals surface area contributed by atoms with E-state index in [1.807, 2.05) is 19.9 Å². The van der Waals surface area contributed by atoms with Gasteiger partial charge in [0.1, 0.15) is 5.75 Å². The van der Waals surface area contributed by atoms with Gasteiger partial charge in [0, 0.05) is 17.7 Å². The number of pyridine rings is 1. The first-order valence-electron chi connectivity index (χ1n) is 6.82. The minimum Gasteiger partial charge on any atom is -0.489 e. The Labute approximate surface area is 108 Å². The molecule has 0 aliphatic heterocycles. The zero-order chi connectivity index (χ0) is 12.7. The van der Waals surface area contributed by atoms with Crippen molar-refractivity contribution in [2.24, 2.45) is 17.8 Å². The molecule has 0 saturated heterocycles. The normalized spacial score (nSPS) is 29.2. The number of fused-ring (bicyclic) bond motifs is 1. The Kier molecular flexibility index (Phi) is 2.84. The van der Waals surface area contributed by atoms with Crippen LogP contribution in [0.1, 0.15) is 43.5 Å². The van der Waals surface area contributed by atoms with Crippen LogP contribution in [0, 0.1) is 17.8 Å². The number of carbonyl (C=O) groups is 1. The highest BCUT2D eigenvalue weighted by Crippen LogP contribution is 2.58. The van der Waals surface area contributed by atoms with Crippen molar-refractivity contribution in [3.63, 3.8) is 0 Å². The molecular formula is C15H19NO2. The van der Waals surface area contributed by atoms with Gasteiger partial charge in [-0.1, -0.05) is 6.42 Å². The van der Waals surface area contributed by atoms with Gasteiger partial charge in [-0.05, 0) is 44.6 Å². The summed E-state index contributed by atoms with van der Waals surface area (Å²) in [7, 11) is 0. The molecule has 2 aliphatic rings. The number of ether oxygens (including phenoxy) is 1. The summed E-state index contributed by atoms with van der Waals surface area (Å²) in [5, 5.41) is 0. The van der Waals surface area contributed by atoms with Crippen LogP contribution in [0.25, 0.3) is 0 Å². The van der Waals surface area contributed by atoms with Crippen LogP contribution in [-0.2, 0) is 0 Å². The van der Waals surface area contributed by atoms with Crippen molar-refractivity contribution in [3.05, 3.63) is 24.0 Å². The number of nitrogens with zero attached hydrogens (tertiary/aromatic N) is 1. The van der Waals surface area contributed by atoms with E-state index in [4.69, 9.17) is 4.74 Å². The number of hydrogen-bond donors (Lipinski definition) is 0. The van der Waals surface area contributed by atoms with Gasteiger partial charge in [0.2, 0.25) is 0 Å². The van der Waals surface area contributed by atoms with Crippen LogP contribution in [0.2, 0.25) is 0 Å². The molecule has 96 valence electrons. The van der Waals surface area contributed by atoms with Gasteiger partial charge < -0.3 is 4.74 Å². The second kappa shape index (κ2) is 4.38. The average Bonchev–Trinajstić information content (AvgIpc) is 2.80. The third kappa shape index (κ3) is 2.02. The number of hydrogen-bond acceptors (Lipinski definition) is 3. The zero-order valence-electron chi connectivity index (χ0n) is 10.9. The van der Waals surface area contributed by atoms with Gasteiger partial charge in [-0.25, -0.2) is 0 Å². The lowest BCUT2D eigenvalue weighted by molar-refractivity contribution is 0.0950. The Bertz CT molecular complexity index is 459. The number of aromatic nitrogens is 1. The molecule has 0 spiro atoms. The smallest absolute Gasteiger partial charge is 0.168 e. The average molecular weight is 245 g/mol. The number of carbonyl (C=O) groups excluding carboxylic acids is 1. The molecule has 0 aromatic carbocycles. The molecular weight excluding hydrogens is 226 g/mol. The number of rotatable bonds is 4. The van der Waals surface area contributed by atoms with Crippen molar-refractivity contribution in [1.82, 2.24) is 4.98 Å². The monoisotopic (exact) mass is 245 g/mol. The maximum atomic E-state index is 12.4. The topological polar surface area (TPSA) is 39.2 Å². The molecule has 3 nitrogen and oxygen atoms in total. The maximum Gasteiger partial charge on any atom is 0.168 e. The summed E-state index contributed by atoms with van der Waals surface area (Å²) in [5.41, 5.74) is 0.715. The van der Waals surface area contributed by atoms with Crippen LogP contribution < -0.4 is 4.74 Å². The first-order valence-corrected chi connectivity index (χ1v) is 6.82. The van der Waals surface area contributed by atoms with Crippen molar-refractivity contribution in [1.29, 1.82) is 0 Å². The molecule has 2 fully saturated rings.